The van der Waals surface area contributed by atoms with Crippen molar-refractivity contribution in [2.24, 2.45) is 5.73 Å². The number of hydrogen-bond donors (Lipinski definition) is 3. The normalized spacial score (nSPS) is 10.2. The standard InChI is InChI=1S/C11H16ClN3O/c1-2-15(6-7-16)9-5-3-4-8(12)10(9)11(13)14/h3-5,16H,2,6-7H2,1H3,(H3,13,14). The van der Waals surface area contributed by atoms with Gasteiger partial charge in [-0.2, -0.15) is 0 Å². The molecule has 16 heavy (non-hydrogen) atoms. The first-order valence-corrected chi connectivity index (χ1v) is 5.48. The Labute approximate surface area is 100 Å². The molecule has 0 saturated carbocycles. The molecule has 0 fully saturated rings. The van der Waals surface area contributed by atoms with Crippen LogP contribution in [0.4, 0.5) is 5.69 Å². The number of nitrogens with one attached hydrogen (secondary N) is 1. The van der Waals surface area contributed by atoms with Crippen molar-refractivity contribution < 1.29 is 5.11 Å². The number of nitrogens with zero attached hydrogens (tertiary/aromatic N) is 1. The van der Waals surface area contributed by atoms with Gasteiger partial charge in [-0.1, -0.05) is 17.7 Å². The topological polar surface area (TPSA) is 73.3 Å². The molecule has 1 aromatic rings. The van der Waals surface area contributed by atoms with Crippen molar-refractivity contribution in [2.75, 3.05) is 24.6 Å². The van der Waals surface area contributed by atoms with Crippen LogP contribution in [0.25, 0.3) is 0 Å². The molecule has 0 atom stereocenters. The molecule has 5 heteroatoms. The van der Waals surface area contributed by atoms with Crippen LogP contribution in [0.5, 0.6) is 0 Å². The number of likely N-dealkylation sites (N-methyl/N-ethyl adjacent to an activating group) is 1. The number of aliphatic hydroxyl groups excluding tert-OH is 1. The first-order chi connectivity index (χ1) is 7.61. The first kappa shape index (κ1) is 12.8. The van der Waals surface area contributed by atoms with Gasteiger partial charge in [-0.25, -0.2) is 0 Å². The molecule has 0 aliphatic heterocycles. The van der Waals surface area contributed by atoms with Gasteiger partial charge in [0.15, 0.2) is 0 Å². The Kier molecular flexibility index (Phi) is 4.58. The molecule has 0 aliphatic carbocycles. The summed E-state index contributed by atoms with van der Waals surface area (Å²) in [6, 6.07) is 5.36. The average molecular weight is 242 g/mol. The highest BCUT2D eigenvalue weighted by Crippen LogP contribution is 2.26. The van der Waals surface area contributed by atoms with E-state index in [1.165, 1.54) is 0 Å². The average Bonchev–Trinajstić information content (AvgIpc) is 2.25. The van der Waals surface area contributed by atoms with Crippen molar-refractivity contribution in [2.45, 2.75) is 6.92 Å². The van der Waals surface area contributed by atoms with Crippen LogP contribution in [0.2, 0.25) is 5.02 Å². The molecule has 0 bridgehead atoms. The zero-order chi connectivity index (χ0) is 12.1. The van der Waals surface area contributed by atoms with Gasteiger partial charge >= 0.3 is 0 Å². The van der Waals surface area contributed by atoms with Crippen molar-refractivity contribution in [3.05, 3.63) is 28.8 Å². The molecule has 0 aliphatic rings. The number of nitrogens with two attached hydrogens (primary N) is 1. The Balaban J connectivity index is 3.20. The Hall–Kier alpha value is -1.26. The number of benzene rings is 1. The molecule has 4 N–H and O–H groups in total. The summed E-state index contributed by atoms with van der Waals surface area (Å²) in [5, 5.41) is 16.9. The van der Waals surface area contributed by atoms with E-state index in [0.29, 0.717) is 17.1 Å². The smallest absolute Gasteiger partial charge is 0.126 e. The quantitative estimate of drug-likeness (QED) is 0.540. The Morgan fingerprint density at radius 3 is 2.75 bits per heavy atom. The number of nitrogen functional groups attached to an aromatic ring is 1. The van der Waals surface area contributed by atoms with E-state index >= 15 is 0 Å². The lowest BCUT2D eigenvalue weighted by Crippen LogP contribution is -2.29. The van der Waals surface area contributed by atoms with E-state index in [1.807, 2.05) is 24.0 Å². The Morgan fingerprint density at radius 1 is 1.56 bits per heavy atom. The van der Waals surface area contributed by atoms with Crippen molar-refractivity contribution >= 4 is 23.1 Å². The van der Waals surface area contributed by atoms with Crippen molar-refractivity contribution in [1.29, 1.82) is 5.41 Å². The lowest BCUT2D eigenvalue weighted by Gasteiger charge is -2.25. The zero-order valence-corrected chi connectivity index (χ0v) is 9.96. The maximum Gasteiger partial charge on any atom is 0.126 e. The van der Waals surface area contributed by atoms with Crippen molar-refractivity contribution in [3.8, 4) is 0 Å². The van der Waals surface area contributed by atoms with Crippen LogP contribution >= 0.6 is 11.6 Å². The van der Waals surface area contributed by atoms with Gasteiger partial charge in [0.2, 0.25) is 0 Å². The second kappa shape index (κ2) is 5.72. The third-order valence-electron chi connectivity index (χ3n) is 2.35. The molecule has 0 aromatic heterocycles. The summed E-state index contributed by atoms with van der Waals surface area (Å²) in [6.07, 6.45) is 0. The fourth-order valence-electron chi connectivity index (χ4n) is 1.61. The van der Waals surface area contributed by atoms with E-state index < -0.39 is 0 Å². The number of rotatable bonds is 5. The minimum atomic E-state index is -0.0583. The summed E-state index contributed by atoms with van der Waals surface area (Å²) in [4.78, 5) is 1.93. The van der Waals surface area contributed by atoms with Gasteiger partial charge in [-0.05, 0) is 19.1 Å². The second-order valence-corrected chi connectivity index (χ2v) is 3.76. The van der Waals surface area contributed by atoms with Crippen molar-refractivity contribution in [1.82, 2.24) is 0 Å². The van der Waals surface area contributed by atoms with Gasteiger partial charge in [-0.3, -0.25) is 5.41 Å². The van der Waals surface area contributed by atoms with Gasteiger partial charge in [0.1, 0.15) is 5.84 Å². The van der Waals surface area contributed by atoms with E-state index in [9.17, 15) is 0 Å². The summed E-state index contributed by atoms with van der Waals surface area (Å²) in [5.41, 5.74) is 6.83. The highest BCUT2D eigenvalue weighted by Gasteiger charge is 2.14. The van der Waals surface area contributed by atoms with E-state index in [-0.39, 0.29) is 12.4 Å². The molecule has 1 rings (SSSR count). The molecule has 0 unspecified atom stereocenters. The van der Waals surface area contributed by atoms with Crippen LogP contribution in [0, 0.1) is 5.41 Å². The molecule has 1 aromatic carbocycles. The van der Waals surface area contributed by atoms with Crippen LogP contribution in [0.1, 0.15) is 12.5 Å². The minimum absolute atomic E-state index is 0.0533. The van der Waals surface area contributed by atoms with Crippen LogP contribution in [-0.2, 0) is 0 Å². The summed E-state index contributed by atoms with van der Waals surface area (Å²) in [6.45, 7) is 3.25. The molecule has 0 heterocycles. The lowest BCUT2D eigenvalue weighted by molar-refractivity contribution is 0.302. The number of aliphatic hydroxyl groups is 1. The maximum absolute atomic E-state index is 8.97. The number of hydrogen-bond acceptors (Lipinski definition) is 3. The molecule has 0 radical (unpaired) electrons. The van der Waals surface area contributed by atoms with Gasteiger partial charge in [-0.15, -0.1) is 0 Å². The molecular weight excluding hydrogens is 226 g/mol. The predicted octanol–water partition coefficient (Wildman–Crippen LogP) is 1.44. The number of halogens is 1. The minimum Gasteiger partial charge on any atom is -0.395 e. The van der Waals surface area contributed by atoms with Gasteiger partial charge < -0.3 is 15.7 Å². The summed E-state index contributed by atoms with van der Waals surface area (Å²) in [7, 11) is 0. The van der Waals surface area contributed by atoms with E-state index in [2.05, 4.69) is 0 Å². The third kappa shape index (κ3) is 2.65. The zero-order valence-electron chi connectivity index (χ0n) is 9.20. The maximum atomic E-state index is 8.97. The summed E-state index contributed by atoms with van der Waals surface area (Å²) >= 11 is 6.02. The van der Waals surface area contributed by atoms with Crippen LogP contribution in [0.3, 0.4) is 0 Å². The van der Waals surface area contributed by atoms with E-state index in [0.717, 1.165) is 12.2 Å². The summed E-state index contributed by atoms with van der Waals surface area (Å²) in [5.74, 6) is -0.0583. The summed E-state index contributed by atoms with van der Waals surface area (Å²) < 4.78 is 0. The molecule has 0 spiro atoms. The Morgan fingerprint density at radius 2 is 2.25 bits per heavy atom. The van der Waals surface area contributed by atoms with Gasteiger partial charge in [0, 0.05) is 18.8 Å². The fourth-order valence-corrected chi connectivity index (χ4v) is 1.88. The number of anilines is 1. The second-order valence-electron chi connectivity index (χ2n) is 3.35. The Bertz CT molecular complexity index is 381. The molecule has 88 valence electrons. The van der Waals surface area contributed by atoms with E-state index in [4.69, 9.17) is 27.9 Å². The fraction of sp³-hybridized carbons (Fsp3) is 0.364. The van der Waals surface area contributed by atoms with Crippen molar-refractivity contribution in [3.63, 3.8) is 0 Å². The number of amidine groups is 1. The molecule has 0 saturated heterocycles. The lowest BCUT2D eigenvalue weighted by atomic mass is 10.1. The van der Waals surface area contributed by atoms with Gasteiger partial charge in [0.25, 0.3) is 0 Å². The predicted molar refractivity (Wildman–Crippen MR) is 67.4 cm³/mol. The van der Waals surface area contributed by atoms with Gasteiger partial charge in [0.05, 0.1) is 17.2 Å². The van der Waals surface area contributed by atoms with Crippen LogP contribution < -0.4 is 10.6 Å². The highest BCUT2D eigenvalue weighted by atomic mass is 35.5. The molecular formula is C11H16ClN3O. The molecule has 4 nitrogen and oxygen atoms in total. The highest BCUT2D eigenvalue weighted by molar-refractivity contribution is 6.34. The largest absolute Gasteiger partial charge is 0.395 e. The third-order valence-corrected chi connectivity index (χ3v) is 2.67. The molecule has 0 amide bonds. The first-order valence-electron chi connectivity index (χ1n) is 5.10. The SMILES string of the molecule is CCN(CCO)c1cccc(Cl)c1C(=N)N. The van der Waals surface area contributed by atoms with Crippen LogP contribution in [0.15, 0.2) is 18.2 Å². The monoisotopic (exact) mass is 241 g/mol. The van der Waals surface area contributed by atoms with Crippen LogP contribution in [-0.4, -0.2) is 30.6 Å². The van der Waals surface area contributed by atoms with E-state index in [1.54, 1.807) is 6.07 Å².